The molecule has 0 saturated heterocycles. The molecule has 88 valence electrons. The van der Waals surface area contributed by atoms with Crippen LogP contribution in [0.5, 0.6) is 0 Å². The summed E-state index contributed by atoms with van der Waals surface area (Å²) >= 11 is 0. The summed E-state index contributed by atoms with van der Waals surface area (Å²) in [5.41, 5.74) is 2.33. The van der Waals surface area contributed by atoms with E-state index in [0.29, 0.717) is 12.0 Å². The fraction of sp³-hybridized carbons (Fsp3) is 0.385. The van der Waals surface area contributed by atoms with Crippen molar-refractivity contribution in [1.29, 1.82) is 0 Å². The summed E-state index contributed by atoms with van der Waals surface area (Å²) in [4.78, 5) is 23.2. The molecule has 4 heteroatoms. The molecule has 0 aromatic heterocycles. The molecule has 1 aromatic carbocycles. The molecule has 17 heavy (non-hydrogen) atoms. The Balaban J connectivity index is 1.82. The fourth-order valence-electron chi connectivity index (χ4n) is 2.01. The van der Waals surface area contributed by atoms with E-state index in [4.69, 9.17) is 0 Å². The normalized spacial score (nSPS) is 19.5. The maximum atomic E-state index is 12.0. The molecule has 1 aromatic rings. The third-order valence-electron chi connectivity index (χ3n) is 3.41. The van der Waals surface area contributed by atoms with Gasteiger partial charge < -0.3 is 10.6 Å². The van der Waals surface area contributed by atoms with Crippen LogP contribution < -0.4 is 10.6 Å². The Morgan fingerprint density at radius 2 is 2.18 bits per heavy atom. The van der Waals surface area contributed by atoms with Crippen LogP contribution in [0.3, 0.4) is 0 Å². The van der Waals surface area contributed by atoms with Crippen molar-refractivity contribution in [2.24, 2.45) is 0 Å². The predicted octanol–water partition coefficient (Wildman–Crippen LogP) is 1.46. The van der Waals surface area contributed by atoms with E-state index in [1.54, 1.807) is 12.1 Å². The third kappa shape index (κ3) is 1.90. The van der Waals surface area contributed by atoms with E-state index in [0.717, 1.165) is 24.1 Å². The summed E-state index contributed by atoms with van der Waals surface area (Å²) in [7, 11) is 0. The quantitative estimate of drug-likeness (QED) is 0.808. The number of carbonyl (C=O) groups excluding carboxylic acids is 2. The number of hydrogen-bond acceptors (Lipinski definition) is 2. The van der Waals surface area contributed by atoms with Gasteiger partial charge in [-0.15, -0.1) is 0 Å². The van der Waals surface area contributed by atoms with Crippen LogP contribution in [0, 0.1) is 0 Å². The van der Waals surface area contributed by atoms with Gasteiger partial charge in [0.1, 0.15) is 0 Å². The second kappa shape index (κ2) is 3.32. The topological polar surface area (TPSA) is 58.2 Å². The van der Waals surface area contributed by atoms with Crippen molar-refractivity contribution >= 4 is 17.5 Å². The van der Waals surface area contributed by atoms with E-state index in [9.17, 15) is 9.59 Å². The molecule has 1 fully saturated rings. The summed E-state index contributed by atoms with van der Waals surface area (Å²) in [5.74, 6) is -0.0688. The first-order chi connectivity index (χ1) is 8.06. The largest absolute Gasteiger partial charge is 0.347 e. The van der Waals surface area contributed by atoms with Crippen molar-refractivity contribution in [2.45, 2.75) is 31.7 Å². The van der Waals surface area contributed by atoms with Crippen molar-refractivity contribution in [1.82, 2.24) is 5.32 Å². The highest BCUT2D eigenvalue weighted by Gasteiger charge is 2.38. The van der Waals surface area contributed by atoms with Crippen molar-refractivity contribution in [3.05, 3.63) is 29.3 Å². The molecule has 3 rings (SSSR count). The Kier molecular flexibility index (Phi) is 2.02. The lowest BCUT2D eigenvalue weighted by Crippen LogP contribution is -2.34. The van der Waals surface area contributed by atoms with E-state index >= 15 is 0 Å². The lowest BCUT2D eigenvalue weighted by Gasteiger charge is -2.11. The predicted molar refractivity (Wildman–Crippen MR) is 63.9 cm³/mol. The Morgan fingerprint density at radius 3 is 2.88 bits per heavy atom. The molecule has 0 spiro atoms. The molecule has 1 saturated carbocycles. The van der Waals surface area contributed by atoms with E-state index in [2.05, 4.69) is 10.6 Å². The Morgan fingerprint density at radius 1 is 1.41 bits per heavy atom. The fourth-order valence-corrected chi connectivity index (χ4v) is 2.01. The number of anilines is 1. The Bertz CT molecular complexity index is 518. The molecular weight excluding hydrogens is 216 g/mol. The van der Waals surface area contributed by atoms with E-state index in [1.165, 1.54) is 0 Å². The molecule has 0 unspecified atom stereocenters. The average Bonchev–Trinajstić information content (AvgIpc) is 2.87. The SMILES string of the molecule is CC1(NC(=O)c2ccc3c(c2)NC(=O)C3)CC1. The second-order valence-electron chi connectivity index (χ2n) is 5.11. The average molecular weight is 230 g/mol. The maximum absolute atomic E-state index is 12.0. The van der Waals surface area contributed by atoms with E-state index in [-0.39, 0.29) is 17.4 Å². The van der Waals surface area contributed by atoms with Gasteiger partial charge in [-0.3, -0.25) is 9.59 Å². The second-order valence-corrected chi connectivity index (χ2v) is 5.11. The van der Waals surface area contributed by atoms with E-state index < -0.39 is 0 Å². The van der Waals surface area contributed by atoms with Crippen LogP contribution in [0.4, 0.5) is 5.69 Å². The smallest absolute Gasteiger partial charge is 0.251 e. The van der Waals surface area contributed by atoms with Crippen LogP contribution in [-0.2, 0) is 11.2 Å². The van der Waals surface area contributed by atoms with E-state index in [1.807, 2.05) is 13.0 Å². The molecule has 2 amide bonds. The molecule has 4 nitrogen and oxygen atoms in total. The Hall–Kier alpha value is -1.84. The first-order valence-corrected chi connectivity index (χ1v) is 5.81. The minimum absolute atomic E-state index is 0.00767. The van der Waals surface area contributed by atoms with Crippen LogP contribution in [-0.4, -0.2) is 17.4 Å². The molecule has 0 radical (unpaired) electrons. The molecular formula is C13H14N2O2. The third-order valence-corrected chi connectivity index (χ3v) is 3.41. The minimum Gasteiger partial charge on any atom is -0.347 e. The zero-order valence-corrected chi connectivity index (χ0v) is 9.67. The van der Waals surface area contributed by atoms with Gasteiger partial charge in [0.05, 0.1) is 6.42 Å². The lowest BCUT2D eigenvalue weighted by atomic mass is 10.1. The number of benzene rings is 1. The number of hydrogen-bond donors (Lipinski definition) is 2. The van der Waals surface area contributed by atoms with Crippen LogP contribution in [0.1, 0.15) is 35.7 Å². The zero-order chi connectivity index (χ0) is 12.0. The highest BCUT2D eigenvalue weighted by Crippen LogP contribution is 2.34. The number of carbonyl (C=O) groups is 2. The first-order valence-electron chi connectivity index (χ1n) is 5.81. The van der Waals surface area contributed by atoms with Gasteiger partial charge in [0.15, 0.2) is 0 Å². The number of fused-ring (bicyclic) bond motifs is 1. The van der Waals surface area contributed by atoms with Crippen molar-refractivity contribution < 1.29 is 9.59 Å². The van der Waals surface area contributed by atoms with Crippen LogP contribution in [0.15, 0.2) is 18.2 Å². The van der Waals surface area contributed by atoms with Crippen LogP contribution >= 0.6 is 0 Å². The highest BCUT2D eigenvalue weighted by atomic mass is 16.2. The molecule has 2 aliphatic rings. The van der Waals surface area contributed by atoms with Gasteiger partial charge in [-0.05, 0) is 37.5 Å². The van der Waals surface area contributed by atoms with Crippen molar-refractivity contribution in [3.8, 4) is 0 Å². The van der Waals surface area contributed by atoms with Gasteiger partial charge in [-0.1, -0.05) is 6.07 Å². The van der Waals surface area contributed by atoms with Crippen molar-refractivity contribution in [3.63, 3.8) is 0 Å². The summed E-state index contributed by atoms with van der Waals surface area (Å²) < 4.78 is 0. The van der Waals surface area contributed by atoms with Gasteiger partial charge in [0.2, 0.25) is 5.91 Å². The molecule has 2 N–H and O–H groups in total. The zero-order valence-electron chi connectivity index (χ0n) is 9.67. The molecule has 0 bridgehead atoms. The number of nitrogens with one attached hydrogen (secondary N) is 2. The summed E-state index contributed by atoms with van der Waals surface area (Å²) in [6, 6.07) is 5.37. The molecule has 1 aliphatic heterocycles. The highest BCUT2D eigenvalue weighted by molar-refractivity contribution is 6.02. The van der Waals surface area contributed by atoms with Gasteiger partial charge in [0.25, 0.3) is 5.91 Å². The molecule has 0 atom stereocenters. The minimum atomic E-state index is -0.0612. The van der Waals surface area contributed by atoms with Gasteiger partial charge in [-0.25, -0.2) is 0 Å². The van der Waals surface area contributed by atoms with Gasteiger partial charge in [-0.2, -0.15) is 0 Å². The molecule has 1 heterocycles. The van der Waals surface area contributed by atoms with Crippen molar-refractivity contribution in [2.75, 3.05) is 5.32 Å². The monoisotopic (exact) mass is 230 g/mol. The summed E-state index contributed by atoms with van der Waals surface area (Å²) in [6.45, 7) is 2.04. The summed E-state index contributed by atoms with van der Waals surface area (Å²) in [5, 5.41) is 5.75. The first kappa shape index (κ1) is 10.3. The number of amides is 2. The number of rotatable bonds is 2. The van der Waals surface area contributed by atoms with Crippen LogP contribution in [0.25, 0.3) is 0 Å². The van der Waals surface area contributed by atoms with Gasteiger partial charge in [0, 0.05) is 16.8 Å². The molecule has 1 aliphatic carbocycles. The lowest BCUT2D eigenvalue weighted by molar-refractivity contribution is -0.115. The Labute approximate surface area is 99.4 Å². The summed E-state index contributed by atoms with van der Waals surface area (Å²) in [6.07, 6.45) is 2.50. The standard InChI is InChI=1S/C13H14N2O2/c1-13(4-5-13)15-12(17)9-3-2-8-7-11(16)14-10(8)6-9/h2-3,6H,4-5,7H2,1H3,(H,14,16)(H,15,17). The maximum Gasteiger partial charge on any atom is 0.251 e. The van der Waals surface area contributed by atoms with Gasteiger partial charge >= 0.3 is 0 Å². The van der Waals surface area contributed by atoms with Crippen LogP contribution in [0.2, 0.25) is 0 Å².